The number of para-hydroxylation sites is 2. The fourth-order valence-corrected chi connectivity index (χ4v) is 3.57. The van der Waals surface area contributed by atoms with Gasteiger partial charge in [-0.2, -0.15) is 5.01 Å². The van der Waals surface area contributed by atoms with Gasteiger partial charge in [-0.3, -0.25) is 9.91 Å². The molecule has 1 atom stereocenters. The van der Waals surface area contributed by atoms with Gasteiger partial charge in [0.2, 0.25) is 0 Å². The number of hydrogen-bond acceptors (Lipinski definition) is 3. The number of nitrogens with zero attached hydrogens (tertiary/aromatic N) is 3. The summed E-state index contributed by atoms with van der Waals surface area (Å²) in [5.41, 5.74) is 1.94. The van der Waals surface area contributed by atoms with Crippen LogP contribution in [0.1, 0.15) is 25.1 Å². The Morgan fingerprint density at radius 1 is 1.04 bits per heavy atom. The summed E-state index contributed by atoms with van der Waals surface area (Å²) in [4.78, 5) is 14.9. The van der Waals surface area contributed by atoms with Crippen molar-refractivity contribution in [3.05, 3.63) is 60.2 Å². The van der Waals surface area contributed by atoms with Gasteiger partial charge in [0, 0.05) is 24.3 Å². The highest BCUT2D eigenvalue weighted by Crippen LogP contribution is 2.42. The van der Waals surface area contributed by atoms with Gasteiger partial charge in [-0.15, -0.1) is 0 Å². The molecule has 2 heterocycles. The number of fused-ring (bicyclic) bond motifs is 1. The molecule has 4 rings (SSSR count). The molecule has 5 nitrogen and oxygen atoms in total. The number of carbonyl (C=O) groups is 1. The largest absolute Gasteiger partial charge is 0.493 e. The van der Waals surface area contributed by atoms with E-state index in [2.05, 4.69) is 11.1 Å². The Labute approximate surface area is 142 Å². The van der Waals surface area contributed by atoms with Crippen LogP contribution in [0, 0.1) is 0 Å². The summed E-state index contributed by atoms with van der Waals surface area (Å²) in [7, 11) is 0. The summed E-state index contributed by atoms with van der Waals surface area (Å²) < 4.78 is 5.83. The van der Waals surface area contributed by atoms with Gasteiger partial charge in [-0.25, -0.2) is 4.79 Å². The maximum atomic E-state index is 13.0. The predicted molar refractivity (Wildman–Crippen MR) is 92.7 cm³/mol. The molecule has 5 heteroatoms. The fraction of sp³-hybridized carbons (Fsp3) is 0.316. The average Bonchev–Trinajstić information content (AvgIpc) is 3.19. The predicted octanol–water partition coefficient (Wildman–Crippen LogP) is 3.65. The summed E-state index contributed by atoms with van der Waals surface area (Å²) >= 11 is 0. The number of urea groups is 1. The Kier molecular flexibility index (Phi) is 3.86. The van der Waals surface area contributed by atoms with Crippen molar-refractivity contribution in [1.82, 2.24) is 10.0 Å². The van der Waals surface area contributed by atoms with Crippen LogP contribution in [0.5, 0.6) is 5.75 Å². The molecule has 2 aromatic carbocycles. The second-order valence-electron chi connectivity index (χ2n) is 5.97. The third-order valence-corrected chi connectivity index (χ3v) is 4.55. The highest BCUT2D eigenvalue weighted by molar-refractivity contribution is 5.94. The lowest BCUT2D eigenvalue weighted by Crippen LogP contribution is -2.32. The van der Waals surface area contributed by atoms with Crippen LogP contribution in [0.4, 0.5) is 10.5 Å². The number of amides is 2. The maximum Gasteiger partial charge on any atom is 0.340 e. The topological polar surface area (TPSA) is 36.0 Å². The molecule has 2 aliphatic heterocycles. The van der Waals surface area contributed by atoms with E-state index in [0.29, 0.717) is 6.61 Å². The molecule has 0 aliphatic carbocycles. The minimum absolute atomic E-state index is 0.0370. The number of carbonyl (C=O) groups excluding carboxylic acids is 1. The van der Waals surface area contributed by atoms with E-state index in [9.17, 15) is 4.79 Å². The van der Waals surface area contributed by atoms with Crippen molar-refractivity contribution in [1.29, 1.82) is 0 Å². The average molecular weight is 323 g/mol. The first-order valence-corrected chi connectivity index (χ1v) is 8.45. The zero-order valence-electron chi connectivity index (χ0n) is 13.8. The van der Waals surface area contributed by atoms with Crippen LogP contribution in [-0.4, -0.2) is 35.7 Å². The molecule has 24 heavy (non-hydrogen) atoms. The Balaban J connectivity index is 1.82. The van der Waals surface area contributed by atoms with Crippen molar-refractivity contribution in [3.8, 4) is 5.75 Å². The first-order valence-electron chi connectivity index (χ1n) is 8.45. The van der Waals surface area contributed by atoms with Gasteiger partial charge in [0.25, 0.3) is 0 Å². The number of hydrogen-bond donors (Lipinski definition) is 0. The Hall–Kier alpha value is -2.53. The van der Waals surface area contributed by atoms with Crippen LogP contribution < -0.4 is 9.64 Å². The minimum atomic E-state index is -0.162. The normalized spacial score (nSPS) is 20.5. The zero-order valence-corrected chi connectivity index (χ0v) is 13.8. The molecule has 0 radical (unpaired) electrons. The summed E-state index contributed by atoms with van der Waals surface area (Å²) in [6.07, 6.45) is 0.840. The van der Waals surface area contributed by atoms with Gasteiger partial charge in [-0.1, -0.05) is 36.4 Å². The van der Waals surface area contributed by atoms with Gasteiger partial charge >= 0.3 is 6.03 Å². The van der Waals surface area contributed by atoms with Crippen LogP contribution in [-0.2, 0) is 0 Å². The molecule has 2 aromatic rings. The van der Waals surface area contributed by atoms with E-state index < -0.39 is 0 Å². The van der Waals surface area contributed by atoms with Crippen molar-refractivity contribution in [2.45, 2.75) is 19.5 Å². The first kappa shape index (κ1) is 15.0. The fourth-order valence-electron chi connectivity index (χ4n) is 3.57. The summed E-state index contributed by atoms with van der Waals surface area (Å²) in [5, 5.41) is 4.02. The van der Waals surface area contributed by atoms with Crippen LogP contribution in [0.3, 0.4) is 0 Å². The van der Waals surface area contributed by atoms with Gasteiger partial charge in [0.05, 0.1) is 6.61 Å². The quantitative estimate of drug-likeness (QED) is 0.862. The van der Waals surface area contributed by atoms with E-state index in [-0.39, 0.29) is 12.2 Å². The lowest BCUT2D eigenvalue weighted by Gasteiger charge is -2.29. The highest BCUT2D eigenvalue weighted by Gasteiger charge is 2.48. The number of ether oxygens (including phenoxy) is 1. The molecule has 2 aliphatic rings. The van der Waals surface area contributed by atoms with Gasteiger partial charge < -0.3 is 4.74 Å². The second-order valence-corrected chi connectivity index (χ2v) is 5.97. The van der Waals surface area contributed by atoms with E-state index in [1.54, 1.807) is 0 Å². The number of benzene rings is 2. The standard InChI is InChI=1S/C19H21N3O2/c1-2-24-17-12-7-6-11-16(17)18-20-13-8-14-21(20)19(23)22(18)15-9-4-3-5-10-15/h3-7,9-12,18H,2,8,13-14H2,1H3. The van der Waals surface area contributed by atoms with Crippen molar-refractivity contribution in [2.24, 2.45) is 0 Å². The molecule has 124 valence electrons. The van der Waals surface area contributed by atoms with E-state index in [0.717, 1.165) is 36.5 Å². The second kappa shape index (κ2) is 6.17. The molecular formula is C19H21N3O2. The molecule has 0 spiro atoms. The molecule has 0 saturated carbocycles. The monoisotopic (exact) mass is 323 g/mol. The van der Waals surface area contributed by atoms with Gasteiger partial charge in [0.15, 0.2) is 0 Å². The number of rotatable bonds is 4. The smallest absolute Gasteiger partial charge is 0.340 e. The van der Waals surface area contributed by atoms with Crippen molar-refractivity contribution >= 4 is 11.7 Å². The van der Waals surface area contributed by atoms with E-state index in [1.165, 1.54) is 0 Å². The Morgan fingerprint density at radius 2 is 1.79 bits per heavy atom. The van der Waals surface area contributed by atoms with Crippen molar-refractivity contribution < 1.29 is 9.53 Å². The van der Waals surface area contributed by atoms with E-state index >= 15 is 0 Å². The molecule has 2 amide bonds. The van der Waals surface area contributed by atoms with Crippen molar-refractivity contribution in [3.63, 3.8) is 0 Å². The zero-order chi connectivity index (χ0) is 16.5. The lowest BCUT2D eigenvalue weighted by molar-refractivity contribution is 0.0715. The van der Waals surface area contributed by atoms with Gasteiger partial charge in [0.1, 0.15) is 11.9 Å². The third kappa shape index (κ3) is 2.32. The molecule has 0 bridgehead atoms. The first-order chi connectivity index (χ1) is 11.8. The number of anilines is 1. The van der Waals surface area contributed by atoms with E-state index in [4.69, 9.17) is 4.74 Å². The molecule has 1 unspecified atom stereocenters. The Bertz CT molecular complexity index is 734. The lowest BCUT2D eigenvalue weighted by atomic mass is 10.1. The number of hydrazine groups is 1. The SMILES string of the molecule is CCOc1ccccc1C1N(c2ccccc2)C(=O)N2CCCN12. The molecular weight excluding hydrogens is 302 g/mol. The molecule has 0 aromatic heterocycles. The molecule has 0 N–H and O–H groups in total. The summed E-state index contributed by atoms with van der Waals surface area (Å²) in [5.74, 6) is 0.840. The Morgan fingerprint density at radius 3 is 2.58 bits per heavy atom. The van der Waals surface area contributed by atoms with E-state index in [1.807, 2.05) is 65.4 Å². The highest BCUT2D eigenvalue weighted by atomic mass is 16.5. The molecule has 2 saturated heterocycles. The summed E-state index contributed by atoms with van der Waals surface area (Å²) in [6.45, 7) is 4.23. The van der Waals surface area contributed by atoms with Crippen molar-refractivity contribution in [2.75, 3.05) is 24.6 Å². The van der Waals surface area contributed by atoms with Crippen LogP contribution >= 0.6 is 0 Å². The van der Waals surface area contributed by atoms with Crippen LogP contribution in [0.2, 0.25) is 0 Å². The minimum Gasteiger partial charge on any atom is -0.493 e. The molecule has 2 fully saturated rings. The van der Waals surface area contributed by atoms with Gasteiger partial charge in [-0.05, 0) is 31.5 Å². The van der Waals surface area contributed by atoms with Crippen LogP contribution in [0.25, 0.3) is 0 Å². The van der Waals surface area contributed by atoms with Crippen LogP contribution in [0.15, 0.2) is 54.6 Å². The summed E-state index contributed by atoms with van der Waals surface area (Å²) in [6, 6.07) is 17.9. The maximum absolute atomic E-state index is 13.0. The third-order valence-electron chi connectivity index (χ3n) is 4.55.